The van der Waals surface area contributed by atoms with Crippen LogP contribution in [0.2, 0.25) is 5.15 Å². The first kappa shape index (κ1) is 12.4. The number of aryl methyl sites for hydroxylation is 2. The lowest BCUT2D eigenvalue weighted by Crippen LogP contribution is -2.24. The molecule has 0 saturated heterocycles. The summed E-state index contributed by atoms with van der Waals surface area (Å²) in [6.45, 7) is 4.39. The molecule has 0 radical (unpaired) electrons. The molecule has 16 heavy (non-hydrogen) atoms. The Morgan fingerprint density at radius 2 is 2.19 bits per heavy atom. The SMILES string of the molecule is Cc1nn(C)c(Cl)c1CC(C)(CBr)C1CC1. The second kappa shape index (κ2) is 4.34. The van der Waals surface area contributed by atoms with E-state index in [1.807, 2.05) is 14.0 Å². The second-order valence-corrected chi connectivity index (χ2v) is 6.14. The van der Waals surface area contributed by atoms with Gasteiger partial charge in [-0.15, -0.1) is 0 Å². The molecule has 1 aliphatic carbocycles. The van der Waals surface area contributed by atoms with Gasteiger partial charge in [0.15, 0.2) is 0 Å². The van der Waals surface area contributed by atoms with Crippen LogP contribution < -0.4 is 0 Å². The fourth-order valence-corrected chi connectivity index (χ4v) is 3.26. The van der Waals surface area contributed by atoms with Gasteiger partial charge in [-0.1, -0.05) is 34.5 Å². The van der Waals surface area contributed by atoms with Crippen molar-refractivity contribution in [2.75, 3.05) is 5.33 Å². The Kier molecular flexibility index (Phi) is 3.37. The zero-order valence-corrected chi connectivity index (χ0v) is 12.4. The van der Waals surface area contributed by atoms with Gasteiger partial charge in [-0.2, -0.15) is 5.10 Å². The van der Waals surface area contributed by atoms with E-state index in [2.05, 4.69) is 28.0 Å². The molecule has 1 atom stereocenters. The first-order valence-corrected chi connectivity index (χ1v) is 7.22. The Labute approximate surface area is 110 Å². The maximum absolute atomic E-state index is 6.29. The largest absolute Gasteiger partial charge is 0.257 e. The van der Waals surface area contributed by atoms with Crippen molar-refractivity contribution in [1.82, 2.24) is 9.78 Å². The van der Waals surface area contributed by atoms with Gasteiger partial charge in [0.25, 0.3) is 0 Å². The smallest absolute Gasteiger partial charge is 0.130 e. The van der Waals surface area contributed by atoms with Crippen LogP contribution in [-0.4, -0.2) is 15.1 Å². The van der Waals surface area contributed by atoms with E-state index in [1.165, 1.54) is 18.4 Å². The number of alkyl halides is 1. The normalized spacial score (nSPS) is 19.8. The van der Waals surface area contributed by atoms with Crippen LogP contribution in [0.5, 0.6) is 0 Å². The van der Waals surface area contributed by atoms with Crippen molar-refractivity contribution in [1.29, 1.82) is 0 Å². The molecule has 0 aromatic carbocycles. The Morgan fingerprint density at radius 1 is 1.56 bits per heavy atom. The van der Waals surface area contributed by atoms with E-state index in [0.29, 0.717) is 5.41 Å². The summed E-state index contributed by atoms with van der Waals surface area (Å²) < 4.78 is 1.77. The van der Waals surface area contributed by atoms with Crippen LogP contribution in [0.15, 0.2) is 0 Å². The maximum Gasteiger partial charge on any atom is 0.130 e. The molecule has 1 aromatic heterocycles. The second-order valence-electron chi connectivity index (χ2n) is 5.22. The molecule has 0 aliphatic heterocycles. The van der Waals surface area contributed by atoms with Crippen LogP contribution in [0.25, 0.3) is 0 Å². The highest BCUT2D eigenvalue weighted by Crippen LogP contribution is 2.49. The summed E-state index contributed by atoms with van der Waals surface area (Å²) >= 11 is 9.94. The maximum atomic E-state index is 6.29. The first-order valence-electron chi connectivity index (χ1n) is 5.72. The van der Waals surface area contributed by atoms with E-state index < -0.39 is 0 Å². The molecular formula is C12H18BrClN2. The van der Waals surface area contributed by atoms with E-state index in [4.69, 9.17) is 11.6 Å². The highest BCUT2D eigenvalue weighted by Gasteiger charge is 2.41. The summed E-state index contributed by atoms with van der Waals surface area (Å²) in [6, 6.07) is 0. The average molecular weight is 306 g/mol. The van der Waals surface area contributed by atoms with Gasteiger partial charge in [0, 0.05) is 17.9 Å². The van der Waals surface area contributed by atoms with Gasteiger partial charge in [0.1, 0.15) is 5.15 Å². The first-order chi connectivity index (χ1) is 7.48. The van der Waals surface area contributed by atoms with Crippen LogP contribution in [-0.2, 0) is 13.5 Å². The summed E-state index contributed by atoms with van der Waals surface area (Å²) in [4.78, 5) is 0. The highest BCUT2D eigenvalue weighted by molar-refractivity contribution is 9.09. The van der Waals surface area contributed by atoms with Crippen LogP contribution in [0.1, 0.15) is 31.0 Å². The average Bonchev–Trinajstić information content (AvgIpc) is 3.05. The molecule has 0 amide bonds. The number of hydrogen-bond donors (Lipinski definition) is 0. The zero-order valence-electron chi connectivity index (χ0n) is 10.1. The van der Waals surface area contributed by atoms with Crippen molar-refractivity contribution < 1.29 is 0 Å². The Balaban J connectivity index is 2.25. The van der Waals surface area contributed by atoms with Gasteiger partial charge in [-0.25, -0.2) is 0 Å². The fraction of sp³-hybridized carbons (Fsp3) is 0.750. The van der Waals surface area contributed by atoms with Crippen molar-refractivity contribution in [3.63, 3.8) is 0 Å². The van der Waals surface area contributed by atoms with Crippen molar-refractivity contribution in [3.05, 3.63) is 16.4 Å². The van der Waals surface area contributed by atoms with Crippen molar-refractivity contribution in [2.45, 2.75) is 33.1 Å². The van der Waals surface area contributed by atoms with E-state index in [0.717, 1.165) is 28.5 Å². The van der Waals surface area contributed by atoms with E-state index in [-0.39, 0.29) is 0 Å². The number of nitrogens with zero attached hydrogens (tertiary/aromatic N) is 2. The predicted octanol–water partition coefficient (Wildman–Crippen LogP) is 3.74. The molecule has 1 fully saturated rings. The van der Waals surface area contributed by atoms with Gasteiger partial charge < -0.3 is 0 Å². The molecule has 0 bridgehead atoms. The van der Waals surface area contributed by atoms with Crippen LogP contribution in [0, 0.1) is 18.3 Å². The molecule has 1 unspecified atom stereocenters. The molecule has 2 rings (SSSR count). The molecule has 1 aromatic rings. The quantitative estimate of drug-likeness (QED) is 0.775. The number of halogens is 2. The van der Waals surface area contributed by atoms with Gasteiger partial charge in [-0.3, -0.25) is 4.68 Å². The molecule has 0 N–H and O–H groups in total. The molecule has 1 aliphatic rings. The third-order valence-corrected chi connectivity index (χ3v) is 5.47. The summed E-state index contributed by atoms with van der Waals surface area (Å²) in [5.74, 6) is 0.850. The standard InChI is InChI=1S/C12H18BrClN2/c1-8-10(11(14)16(3)15-8)6-12(2,7-13)9-4-5-9/h9H,4-7H2,1-3H3. The number of rotatable bonds is 4. The van der Waals surface area contributed by atoms with Crippen LogP contribution in [0.3, 0.4) is 0 Å². The lowest BCUT2D eigenvalue weighted by atomic mass is 9.81. The van der Waals surface area contributed by atoms with Gasteiger partial charge >= 0.3 is 0 Å². The van der Waals surface area contributed by atoms with Crippen LogP contribution >= 0.6 is 27.5 Å². The predicted molar refractivity (Wildman–Crippen MR) is 71.3 cm³/mol. The summed E-state index contributed by atoms with van der Waals surface area (Å²) in [5, 5.41) is 6.21. The summed E-state index contributed by atoms with van der Waals surface area (Å²) in [5.41, 5.74) is 2.62. The van der Waals surface area contributed by atoms with Crippen molar-refractivity contribution in [3.8, 4) is 0 Å². The summed E-state index contributed by atoms with van der Waals surface area (Å²) in [6.07, 6.45) is 3.75. The van der Waals surface area contributed by atoms with Crippen molar-refractivity contribution >= 4 is 27.5 Å². The fourth-order valence-electron chi connectivity index (χ4n) is 2.36. The minimum absolute atomic E-state index is 0.331. The monoisotopic (exact) mass is 304 g/mol. The Hall–Kier alpha value is -0.0200. The van der Waals surface area contributed by atoms with Gasteiger partial charge in [-0.05, 0) is 37.5 Å². The Morgan fingerprint density at radius 3 is 2.56 bits per heavy atom. The van der Waals surface area contributed by atoms with Crippen LogP contribution in [0.4, 0.5) is 0 Å². The van der Waals surface area contributed by atoms with Gasteiger partial charge in [0.2, 0.25) is 0 Å². The molecule has 2 nitrogen and oxygen atoms in total. The molecule has 1 heterocycles. The summed E-state index contributed by atoms with van der Waals surface area (Å²) in [7, 11) is 1.90. The minimum atomic E-state index is 0.331. The third kappa shape index (κ3) is 2.17. The number of hydrogen-bond acceptors (Lipinski definition) is 1. The highest BCUT2D eigenvalue weighted by atomic mass is 79.9. The van der Waals surface area contributed by atoms with E-state index in [1.54, 1.807) is 4.68 Å². The zero-order chi connectivity index (χ0) is 11.9. The molecule has 1 saturated carbocycles. The van der Waals surface area contributed by atoms with Gasteiger partial charge in [0.05, 0.1) is 5.69 Å². The lowest BCUT2D eigenvalue weighted by molar-refractivity contribution is 0.318. The van der Waals surface area contributed by atoms with E-state index >= 15 is 0 Å². The van der Waals surface area contributed by atoms with Crippen molar-refractivity contribution in [2.24, 2.45) is 18.4 Å². The molecule has 0 spiro atoms. The Bertz CT molecular complexity index is 398. The topological polar surface area (TPSA) is 17.8 Å². The lowest BCUT2D eigenvalue weighted by Gasteiger charge is -2.27. The molecule has 4 heteroatoms. The van der Waals surface area contributed by atoms with E-state index in [9.17, 15) is 0 Å². The minimum Gasteiger partial charge on any atom is -0.257 e. The number of aromatic nitrogens is 2. The molecule has 90 valence electrons. The third-order valence-electron chi connectivity index (χ3n) is 3.72. The molecular weight excluding hydrogens is 288 g/mol.